The average molecular weight is 184 g/mol. The van der Waals surface area contributed by atoms with Crippen LogP contribution in [-0.2, 0) is 6.42 Å². The molecule has 0 aromatic heterocycles. The molecular weight excluding hydrogens is 171 g/mol. The van der Waals surface area contributed by atoms with Gasteiger partial charge in [0.1, 0.15) is 11.9 Å². The van der Waals surface area contributed by atoms with Crippen LogP contribution in [0.25, 0.3) is 0 Å². The molecule has 1 rings (SSSR count). The molecule has 0 saturated carbocycles. The van der Waals surface area contributed by atoms with Gasteiger partial charge in [-0.2, -0.15) is 0 Å². The Morgan fingerprint density at radius 3 is 2.46 bits per heavy atom. The minimum atomic E-state index is -1.17. The highest BCUT2D eigenvalue weighted by Crippen LogP contribution is 2.13. The fourth-order valence-corrected chi connectivity index (χ4v) is 1.08. The second kappa shape index (κ2) is 4.82. The number of halogens is 1. The van der Waals surface area contributed by atoms with Gasteiger partial charge in [-0.25, -0.2) is 4.39 Å². The van der Waals surface area contributed by atoms with Crippen LogP contribution in [0.1, 0.15) is 5.56 Å². The predicted octanol–water partition coefficient (Wildman–Crippen LogP) is 1.57. The lowest BCUT2D eigenvalue weighted by molar-refractivity contribution is 0.177. The first-order valence-electron chi connectivity index (χ1n) is 4.14. The SMILES string of the molecule is COc1ccc(CC(F)CO)cc1. The molecule has 0 fully saturated rings. The van der Waals surface area contributed by atoms with Crippen LogP contribution in [0.4, 0.5) is 4.39 Å². The first-order chi connectivity index (χ1) is 6.26. The van der Waals surface area contributed by atoms with Crippen LogP contribution in [0.5, 0.6) is 5.75 Å². The van der Waals surface area contributed by atoms with Crippen molar-refractivity contribution in [1.29, 1.82) is 0 Å². The van der Waals surface area contributed by atoms with Crippen LogP contribution in [-0.4, -0.2) is 25.0 Å². The third-order valence-electron chi connectivity index (χ3n) is 1.81. The Balaban J connectivity index is 2.58. The van der Waals surface area contributed by atoms with E-state index in [1.165, 1.54) is 0 Å². The van der Waals surface area contributed by atoms with Crippen molar-refractivity contribution < 1.29 is 14.2 Å². The maximum absolute atomic E-state index is 12.7. The Labute approximate surface area is 77.0 Å². The summed E-state index contributed by atoms with van der Waals surface area (Å²) in [5, 5.41) is 8.50. The van der Waals surface area contributed by atoms with Crippen LogP contribution >= 0.6 is 0 Å². The van der Waals surface area contributed by atoms with E-state index in [1.54, 1.807) is 31.4 Å². The van der Waals surface area contributed by atoms with E-state index in [9.17, 15) is 4.39 Å². The third kappa shape index (κ3) is 3.03. The summed E-state index contributed by atoms with van der Waals surface area (Å²) < 4.78 is 17.7. The highest BCUT2D eigenvalue weighted by atomic mass is 19.1. The number of benzene rings is 1. The first-order valence-corrected chi connectivity index (χ1v) is 4.14. The van der Waals surface area contributed by atoms with Gasteiger partial charge in [0.2, 0.25) is 0 Å². The van der Waals surface area contributed by atoms with Gasteiger partial charge in [-0.15, -0.1) is 0 Å². The maximum atomic E-state index is 12.7. The molecule has 0 aliphatic rings. The molecule has 3 heteroatoms. The molecule has 0 heterocycles. The molecule has 1 N–H and O–H groups in total. The fraction of sp³-hybridized carbons (Fsp3) is 0.400. The lowest BCUT2D eigenvalue weighted by Gasteiger charge is -2.05. The zero-order valence-corrected chi connectivity index (χ0v) is 7.53. The summed E-state index contributed by atoms with van der Waals surface area (Å²) in [5.74, 6) is 0.753. The van der Waals surface area contributed by atoms with Crippen LogP contribution in [0, 0.1) is 0 Å². The van der Waals surface area contributed by atoms with E-state index in [-0.39, 0.29) is 6.42 Å². The van der Waals surface area contributed by atoms with Gasteiger partial charge in [0.05, 0.1) is 13.7 Å². The van der Waals surface area contributed by atoms with Gasteiger partial charge >= 0.3 is 0 Å². The van der Waals surface area contributed by atoms with Crippen LogP contribution in [0.2, 0.25) is 0 Å². The van der Waals surface area contributed by atoms with Crippen molar-refractivity contribution in [3.8, 4) is 5.75 Å². The second-order valence-corrected chi connectivity index (χ2v) is 2.83. The lowest BCUT2D eigenvalue weighted by Crippen LogP contribution is -2.09. The molecule has 0 spiro atoms. The monoisotopic (exact) mass is 184 g/mol. The summed E-state index contributed by atoms with van der Waals surface area (Å²) in [5.41, 5.74) is 0.863. The van der Waals surface area contributed by atoms with E-state index in [2.05, 4.69) is 0 Å². The van der Waals surface area contributed by atoms with Gasteiger partial charge in [-0.05, 0) is 17.7 Å². The molecule has 1 aromatic carbocycles. The van der Waals surface area contributed by atoms with E-state index >= 15 is 0 Å². The summed E-state index contributed by atoms with van der Waals surface area (Å²) in [4.78, 5) is 0. The van der Waals surface area contributed by atoms with E-state index in [0.717, 1.165) is 11.3 Å². The fourth-order valence-electron chi connectivity index (χ4n) is 1.08. The van der Waals surface area contributed by atoms with Gasteiger partial charge in [-0.1, -0.05) is 12.1 Å². The normalized spacial score (nSPS) is 12.5. The van der Waals surface area contributed by atoms with Gasteiger partial charge < -0.3 is 9.84 Å². The molecule has 0 aliphatic carbocycles. The summed E-state index contributed by atoms with van der Waals surface area (Å²) in [6.07, 6.45) is -0.922. The van der Waals surface area contributed by atoms with Crippen LogP contribution in [0.3, 0.4) is 0 Å². The Bertz CT molecular complexity index is 246. The molecule has 0 saturated heterocycles. The number of aliphatic hydroxyl groups is 1. The number of methoxy groups -OCH3 is 1. The summed E-state index contributed by atoms with van der Waals surface area (Å²) in [6, 6.07) is 7.14. The Morgan fingerprint density at radius 2 is 2.00 bits per heavy atom. The molecule has 0 amide bonds. The Morgan fingerprint density at radius 1 is 1.38 bits per heavy atom. The first kappa shape index (κ1) is 9.99. The largest absolute Gasteiger partial charge is 0.497 e. The van der Waals surface area contributed by atoms with Crippen molar-refractivity contribution in [1.82, 2.24) is 0 Å². The van der Waals surface area contributed by atoms with Crippen molar-refractivity contribution >= 4 is 0 Å². The van der Waals surface area contributed by atoms with Crippen LogP contribution in [0.15, 0.2) is 24.3 Å². The van der Waals surface area contributed by atoms with Gasteiger partial charge in [-0.3, -0.25) is 0 Å². The molecule has 1 unspecified atom stereocenters. The topological polar surface area (TPSA) is 29.5 Å². The molecule has 0 bridgehead atoms. The molecule has 1 atom stereocenters. The number of alkyl halides is 1. The molecule has 2 nitrogen and oxygen atoms in total. The van der Waals surface area contributed by atoms with E-state index < -0.39 is 12.8 Å². The molecule has 1 aromatic rings. The standard InChI is InChI=1S/C10H13FO2/c1-13-10-4-2-8(3-5-10)6-9(11)7-12/h2-5,9,12H,6-7H2,1H3. The smallest absolute Gasteiger partial charge is 0.127 e. The quantitative estimate of drug-likeness (QED) is 0.769. The van der Waals surface area contributed by atoms with Gasteiger partial charge in [0.15, 0.2) is 0 Å². The van der Waals surface area contributed by atoms with Gasteiger partial charge in [0.25, 0.3) is 0 Å². The molecule has 0 radical (unpaired) electrons. The highest BCUT2D eigenvalue weighted by molar-refractivity contribution is 5.27. The number of ether oxygens (including phenoxy) is 1. The van der Waals surface area contributed by atoms with Crippen molar-refractivity contribution in [2.24, 2.45) is 0 Å². The number of hydrogen-bond acceptors (Lipinski definition) is 2. The lowest BCUT2D eigenvalue weighted by atomic mass is 10.1. The zero-order valence-electron chi connectivity index (χ0n) is 7.53. The van der Waals surface area contributed by atoms with Crippen molar-refractivity contribution in [3.63, 3.8) is 0 Å². The molecule has 72 valence electrons. The molecule has 13 heavy (non-hydrogen) atoms. The minimum absolute atomic E-state index is 0.250. The molecule has 0 aliphatic heterocycles. The van der Waals surface area contributed by atoms with E-state index in [0.29, 0.717) is 0 Å². The second-order valence-electron chi connectivity index (χ2n) is 2.83. The predicted molar refractivity (Wildman–Crippen MR) is 48.7 cm³/mol. The Hall–Kier alpha value is -1.09. The summed E-state index contributed by atoms with van der Waals surface area (Å²) in [6.45, 7) is -0.425. The van der Waals surface area contributed by atoms with Crippen molar-refractivity contribution in [2.45, 2.75) is 12.6 Å². The minimum Gasteiger partial charge on any atom is -0.497 e. The van der Waals surface area contributed by atoms with Crippen LogP contribution < -0.4 is 4.74 Å². The number of aliphatic hydroxyl groups excluding tert-OH is 1. The molecular formula is C10H13FO2. The number of hydrogen-bond donors (Lipinski definition) is 1. The maximum Gasteiger partial charge on any atom is 0.127 e. The van der Waals surface area contributed by atoms with E-state index in [4.69, 9.17) is 9.84 Å². The zero-order chi connectivity index (χ0) is 9.68. The van der Waals surface area contributed by atoms with Crippen molar-refractivity contribution in [3.05, 3.63) is 29.8 Å². The number of rotatable bonds is 4. The average Bonchev–Trinajstić information content (AvgIpc) is 2.19. The van der Waals surface area contributed by atoms with Gasteiger partial charge in [0, 0.05) is 6.42 Å². The van der Waals surface area contributed by atoms with Crippen molar-refractivity contribution in [2.75, 3.05) is 13.7 Å². The Kier molecular flexibility index (Phi) is 3.71. The van der Waals surface area contributed by atoms with E-state index in [1.807, 2.05) is 0 Å². The highest BCUT2D eigenvalue weighted by Gasteiger charge is 2.05. The summed E-state index contributed by atoms with van der Waals surface area (Å²) in [7, 11) is 1.58. The third-order valence-corrected chi connectivity index (χ3v) is 1.81. The summed E-state index contributed by atoms with van der Waals surface area (Å²) >= 11 is 0.